The molecule has 0 fully saturated rings. The van der Waals surface area contributed by atoms with Gasteiger partial charge in [0.05, 0.1) is 0 Å². The lowest BCUT2D eigenvalue weighted by Gasteiger charge is -2.39. The Bertz CT molecular complexity index is 919. The van der Waals surface area contributed by atoms with Crippen molar-refractivity contribution in [3.05, 3.63) is 23.1 Å². The average molecular weight is 473 g/mol. The fraction of sp³-hybridized carbons (Fsp3) is 0.545. The molecule has 0 aliphatic carbocycles. The fourth-order valence-electron chi connectivity index (χ4n) is 1.87. The van der Waals surface area contributed by atoms with Crippen LogP contribution in [0.5, 0.6) is 0 Å². The van der Waals surface area contributed by atoms with Gasteiger partial charge >= 0.3 is 35.8 Å². The Kier molecular flexibility index (Phi) is 4.97. The van der Waals surface area contributed by atoms with E-state index in [1.54, 1.807) is 0 Å². The van der Waals surface area contributed by atoms with Crippen molar-refractivity contribution in [1.82, 2.24) is 19.8 Å². The molecule has 0 saturated heterocycles. The van der Waals surface area contributed by atoms with E-state index in [1.165, 1.54) is 0 Å². The summed E-state index contributed by atoms with van der Waals surface area (Å²) in [6.45, 7) is 0. The first-order valence-electron chi connectivity index (χ1n) is 6.57. The second kappa shape index (κ2) is 6.21. The summed E-state index contributed by atoms with van der Waals surface area (Å²) in [4.78, 5) is 0. The molecule has 0 amide bonds. The highest BCUT2D eigenvalue weighted by atomic mass is 35.5. The van der Waals surface area contributed by atoms with Crippen molar-refractivity contribution in [2.45, 2.75) is 35.8 Å². The molecule has 2 rings (SSSR count). The van der Waals surface area contributed by atoms with Crippen LogP contribution in [0.15, 0.2) is 12.1 Å². The molecule has 2 aromatic heterocycles. The molecule has 4 nitrogen and oxygen atoms in total. The first-order chi connectivity index (χ1) is 12.7. The summed E-state index contributed by atoms with van der Waals surface area (Å²) in [6, 6.07) is 1.52. The van der Waals surface area contributed by atoms with Crippen LogP contribution in [0.4, 0.5) is 57.1 Å². The van der Waals surface area contributed by atoms with Gasteiger partial charge in [-0.1, -0.05) is 11.6 Å². The van der Waals surface area contributed by atoms with Crippen LogP contribution in [0.1, 0.15) is 5.82 Å². The van der Waals surface area contributed by atoms with Crippen molar-refractivity contribution >= 4 is 17.2 Å². The van der Waals surface area contributed by atoms with Crippen LogP contribution in [-0.4, -0.2) is 49.7 Å². The molecule has 0 saturated carbocycles. The van der Waals surface area contributed by atoms with E-state index >= 15 is 0 Å². The molecule has 0 spiro atoms. The van der Waals surface area contributed by atoms with Crippen molar-refractivity contribution in [2.24, 2.45) is 0 Å². The number of rotatable bonds is 5. The molecular weight excluding hydrogens is 471 g/mol. The number of alkyl halides is 13. The highest BCUT2D eigenvalue weighted by Crippen LogP contribution is 2.61. The van der Waals surface area contributed by atoms with E-state index in [2.05, 4.69) is 15.3 Å². The summed E-state index contributed by atoms with van der Waals surface area (Å²) < 4.78 is 170. The van der Waals surface area contributed by atoms with E-state index < -0.39 is 56.9 Å². The summed E-state index contributed by atoms with van der Waals surface area (Å²) in [5, 5.41) is 7.34. The first kappa shape index (κ1) is 23.2. The van der Waals surface area contributed by atoms with Gasteiger partial charge in [-0.05, 0) is 12.1 Å². The van der Waals surface area contributed by atoms with Crippen molar-refractivity contribution in [1.29, 1.82) is 0 Å². The molecule has 0 aliphatic heterocycles. The van der Waals surface area contributed by atoms with Crippen LogP contribution in [0.2, 0.25) is 5.15 Å². The lowest BCUT2D eigenvalue weighted by atomic mass is 9.93. The lowest BCUT2D eigenvalue weighted by Crippen LogP contribution is -2.69. The largest absolute Gasteiger partial charge is 0.460 e. The lowest BCUT2D eigenvalue weighted by molar-refractivity contribution is -0.442. The third-order valence-corrected chi connectivity index (χ3v) is 3.65. The minimum atomic E-state index is -8.00. The van der Waals surface area contributed by atoms with Gasteiger partial charge in [0, 0.05) is 0 Å². The number of hydrogen-bond acceptors (Lipinski definition) is 3. The Morgan fingerprint density at radius 3 is 1.62 bits per heavy atom. The summed E-state index contributed by atoms with van der Waals surface area (Å²) in [6.07, 6.45) is -7.48. The Hall–Kier alpha value is -2.07. The summed E-state index contributed by atoms with van der Waals surface area (Å²) in [5.41, 5.74) is -0.851. The van der Waals surface area contributed by atoms with Gasteiger partial charge in [0.2, 0.25) is 5.82 Å². The maximum absolute atomic E-state index is 14.0. The molecule has 0 aliphatic rings. The zero-order valence-corrected chi connectivity index (χ0v) is 13.5. The van der Waals surface area contributed by atoms with Gasteiger partial charge in [0.1, 0.15) is 5.15 Å². The molecule has 164 valence electrons. The first-order valence-corrected chi connectivity index (χ1v) is 6.95. The topological polar surface area (TPSA) is 43.1 Å². The predicted octanol–water partition coefficient (Wildman–Crippen LogP) is 4.97. The third-order valence-electron chi connectivity index (χ3n) is 3.44. The van der Waals surface area contributed by atoms with Crippen LogP contribution >= 0.6 is 11.6 Å². The van der Waals surface area contributed by atoms with Gasteiger partial charge in [-0.3, -0.25) is 0 Å². The molecule has 0 N–H and O–H groups in total. The average Bonchev–Trinajstić information content (AvgIpc) is 2.96. The molecule has 0 unspecified atom stereocenters. The van der Waals surface area contributed by atoms with E-state index in [0.29, 0.717) is 6.07 Å². The Balaban J connectivity index is 2.68. The van der Waals surface area contributed by atoms with Gasteiger partial charge in [0.25, 0.3) is 0 Å². The Labute approximate surface area is 154 Å². The third kappa shape index (κ3) is 2.95. The highest BCUT2D eigenvalue weighted by Gasteiger charge is 2.91. The van der Waals surface area contributed by atoms with Crippen LogP contribution in [0, 0.1) is 0 Å². The van der Waals surface area contributed by atoms with Gasteiger partial charge in [-0.25, -0.2) is 0 Å². The smallest absolute Gasteiger partial charge is 0.192 e. The molecule has 0 aromatic carbocycles. The quantitative estimate of drug-likeness (QED) is 0.577. The highest BCUT2D eigenvalue weighted by molar-refractivity contribution is 6.29. The van der Waals surface area contributed by atoms with E-state index in [0.717, 1.165) is 6.07 Å². The van der Waals surface area contributed by atoms with Gasteiger partial charge < -0.3 is 0 Å². The molecule has 29 heavy (non-hydrogen) atoms. The predicted molar refractivity (Wildman–Crippen MR) is 65.5 cm³/mol. The molecule has 0 atom stereocenters. The monoisotopic (exact) mass is 472 g/mol. The SMILES string of the molecule is FC(F)(F)C(F)(F)C(F)(F)C(F)(F)C(F)(F)C(F)(F)c1nnc2ccc(Cl)nn12. The number of nitrogens with zero attached hydrogens (tertiary/aromatic N) is 4. The van der Waals surface area contributed by atoms with E-state index in [4.69, 9.17) is 11.6 Å². The fourth-order valence-corrected chi connectivity index (χ4v) is 2.01. The minimum Gasteiger partial charge on any atom is -0.192 e. The molecule has 2 heterocycles. The number of aromatic nitrogens is 4. The van der Waals surface area contributed by atoms with Crippen LogP contribution in [0.3, 0.4) is 0 Å². The number of halogens is 14. The standard InChI is InChI=1S/C11H2ClF13N4/c12-3-1-2-4-26-27-5(29(4)28-3)6(13,14)7(15,16)8(17,18)9(19,20)10(21,22)11(23,24)25/h1-2H. The van der Waals surface area contributed by atoms with E-state index in [-0.39, 0.29) is 0 Å². The molecule has 18 heteroatoms. The van der Waals surface area contributed by atoms with Crippen LogP contribution in [-0.2, 0) is 5.92 Å². The molecular formula is C11H2ClF13N4. The van der Waals surface area contributed by atoms with Crippen molar-refractivity contribution in [3.63, 3.8) is 0 Å². The normalized spacial score (nSPS) is 15.2. The van der Waals surface area contributed by atoms with Gasteiger partial charge in [-0.15, -0.1) is 10.2 Å². The minimum absolute atomic E-state index is 0.410. The second-order valence-corrected chi connectivity index (χ2v) is 5.71. The van der Waals surface area contributed by atoms with Crippen molar-refractivity contribution in [2.75, 3.05) is 0 Å². The maximum Gasteiger partial charge on any atom is 0.460 e. The van der Waals surface area contributed by atoms with Gasteiger partial charge in [0.15, 0.2) is 5.65 Å². The van der Waals surface area contributed by atoms with Crippen LogP contribution in [0.25, 0.3) is 5.65 Å². The van der Waals surface area contributed by atoms with E-state index in [9.17, 15) is 57.1 Å². The summed E-state index contributed by atoms with van der Waals surface area (Å²) in [7, 11) is 0. The zero-order chi connectivity index (χ0) is 22.8. The van der Waals surface area contributed by atoms with Crippen LogP contribution < -0.4 is 0 Å². The Morgan fingerprint density at radius 2 is 1.14 bits per heavy atom. The number of hydrogen-bond donors (Lipinski definition) is 0. The zero-order valence-electron chi connectivity index (χ0n) is 12.7. The second-order valence-electron chi connectivity index (χ2n) is 5.32. The van der Waals surface area contributed by atoms with Crippen molar-refractivity contribution < 1.29 is 57.1 Å². The summed E-state index contributed by atoms with van der Waals surface area (Å²) in [5.74, 6) is -40.4. The Morgan fingerprint density at radius 1 is 0.655 bits per heavy atom. The van der Waals surface area contributed by atoms with Crippen molar-refractivity contribution in [3.8, 4) is 0 Å². The van der Waals surface area contributed by atoms with Gasteiger partial charge in [-0.2, -0.15) is 66.7 Å². The van der Waals surface area contributed by atoms with E-state index in [1.807, 2.05) is 0 Å². The molecule has 0 bridgehead atoms. The summed E-state index contributed by atoms with van der Waals surface area (Å²) >= 11 is 5.27. The molecule has 2 aromatic rings. The molecule has 0 radical (unpaired) electrons. The maximum atomic E-state index is 14.0. The number of fused-ring (bicyclic) bond motifs is 1.